The Bertz CT molecular complexity index is 2990. The van der Waals surface area contributed by atoms with Crippen LogP contribution in [0.5, 0.6) is 11.5 Å². The molecule has 0 aliphatic carbocycles. The summed E-state index contributed by atoms with van der Waals surface area (Å²) in [5, 5.41) is 2.00. The summed E-state index contributed by atoms with van der Waals surface area (Å²) in [5.74, 6) is 2.10. The van der Waals surface area contributed by atoms with Crippen LogP contribution in [0, 0.1) is 23.9 Å². The zero-order valence-electron chi connectivity index (χ0n) is 34.7. The number of imidazole rings is 1. The molecule has 0 radical (unpaired) electrons. The zero-order chi connectivity index (χ0) is 40.4. The molecule has 5 aromatic carbocycles. The molecule has 0 aliphatic heterocycles. The van der Waals surface area contributed by atoms with Gasteiger partial charge in [0.05, 0.1) is 22.5 Å². The van der Waals surface area contributed by atoms with Gasteiger partial charge in [-0.15, -0.1) is 17.5 Å². The summed E-state index contributed by atoms with van der Waals surface area (Å²) in [7, 11) is 0. The quantitative estimate of drug-likeness (QED) is 0.118. The van der Waals surface area contributed by atoms with Crippen LogP contribution in [0.25, 0.3) is 61.3 Å². The maximum Gasteiger partial charge on any atom is 0.269 e. The number of pyridine rings is 2. The molecule has 57 heavy (non-hydrogen) atoms. The van der Waals surface area contributed by atoms with Crippen molar-refractivity contribution in [3.63, 3.8) is 0 Å². The van der Waals surface area contributed by atoms with Crippen LogP contribution in [0.3, 0.4) is 0 Å². The smallest absolute Gasteiger partial charge is 0.269 e. The number of para-hydroxylation sites is 2. The predicted octanol–water partition coefficient (Wildman–Crippen LogP) is 11.5. The Morgan fingerprint density at radius 1 is 0.684 bits per heavy atom. The van der Waals surface area contributed by atoms with Gasteiger partial charge in [0, 0.05) is 41.3 Å². The SMILES string of the molecule is [2H]C([2H])(c1ccnc(-n2c3[c-]c(Oc4[c-]c(-n5[c-][n+](-c6cccc(C(C)(C)C)c6)c6ccccc65)ncc4)ccc3c3cc(-c4ccccc4)ccc32)c1)C(C)(C)C.[Pt]. The molecule has 0 amide bonds. The summed E-state index contributed by atoms with van der Waals surface area (Å²) in [5.41, 5.74) is 8.00. The van der Waals surface area contributed by atoms with E-state index in [4.69, 9.17) is 17.4 Å². The molecule has 0 fully saturated rings. The minimum absolute atomic E-state index is 0. The Labute approximate surface area is 351 Å². The Morgan fingerprint density at radius 2 is 1.46 bits per heavy atom. The van der Waals surface area contributed by atoms with Gasteiger partial charge in [-0.2, -0.15) is 18.2 Å². The van der Waals surface area contributed by atoms with Gasteiger partial charge in [0.25, 0.3) is 6.33 Å². The van der Waals surface area contributed by atoms with Gasteiger partial charge in [-0.1, -0.05) is 132 Å². The van der Waals surface area contributed by atoms with E-state index < -0.39 is 11.8 Å². The van der Waals surface area contributed by atoms with Crippen molar-refractivity contribution in [3.8, 4) is 39.9 Å². The number of aromatic nitrogens is 5. The molecule has 0 atom stereocenters. The van der Waals surface area contributed by atoms with E-state index >= 15 is 0 Å². The third kappa shape index (κ3) is 7.55. The van der Waals surface area contributed by atoms with E-state index in [1.807, 2.05) is 72.4 Å². The molecule has 9 aromatic rings. The van der Waals surface area contributed by atoms with Crippen LogP contribution in [0.1, 0.15) is 55.4 Å². The number of hydrogen-bond acceptors (Lipinski definition) is 3. The third-order valence-corrected chi connectivity index (χ3v) is 9.87. The fourth-order valence-corrected chi connectivity index (χ4v) is 7.25. The van der Waals surface area contributed by atoms with E-state index in [-0.39, 0.29) is 26.5 Å². The van der Waals surface area contributed by atoms with Gasteiger partial charge in [0.1, 0.15) is 5.82 Å². The first-order valence-corrected chi connectivity index (χ1v) is 18.9. The van der Waals surface area contributed by atoms with Crippen molar-refractivity contribution >= 4 is 32.8 Å². The van der Waals surface area contributed by atoms with Crippen LogP contribution >= 0.6 is 0 Å². The summed E-state index contributed by atoms with van der Waals surface area (Å²) in [6.45, 7) is 12.4. The van der Waals surface area contributed by atoms with Crippen molar-refractivity contribution in [3.05, 3.63) is 169 Å². The summed E-state index contributed by atoms with van der Waals surface area (Å²) >= 11 is 0. The fourth-order valence-electron chi connectivity index (χ4n) is 7.25. The van der Waals surface area contributed by atoms with Crippen LogP contribution in [0.15, 0.2) is 140 Å². The first-order valence-electron chi connectivity index (χ1n) is 19.9. The second kappa shape index (κ2) is 14.9. The molecule has 9 rings (SSSR count). The molecule has 286 valence electrons. The topological polar surface area (TPSA) is 48.8 Å². The molecule has 0 N–H and O–H groups in total. The van der Waals surface area contributed by atoms with E-state index in [2.05, 4.69) is 117 Å². The number of hydrogen-bond donors (Lipinski definition) is 0. The number of nitrogens with zero attached hydrogens (tertiary/aromatic N) is 5. The van der Waals surface area contributed by atoms with E-state index in [1.54, 1.807) is 24.5 Å². The summed E-state index contributed by atoms with van der Waals surface area (Å²) < 4.78 is 30.6. The fraction of sp³-hybridized carbons (Fsp3) is 0.180. The minimum Gasteiger partial charge on any atom is -0.522 e. The van der Waals surface area contributed by atoms with Crippen LogP contribution in [-0.2, 0) is 32.9 Å². The molecule has 6 nitrogen and oxygen atoms in total. The largest absolute Gasteiger partial charge is 0.522 e. The molecule has 4 heterocycles. The molecule has 7 heteroatoms. The predicted molar refractivity (Wildman–Crippen MR) is 225 cm³/mol. The number of fused-ring (bicyclic) bond motifs is 4. The Balaban J connectivity index is 0.00000484. The summed E-state index contributed by atoms with van der Waals surface area (Å²) in [4.78, 5) is 9.50. The van der Waals surface area contributed by atoms with Gasteiger partial charge < -0.3 is 9.30 Å². The average molecular weight is 927 g/mol. The van der Waals surface area contributed by atoms with Crippen LogP contribution in [0.2, 0.25) is 0 Å². The van der Waals surface area contributed by atoms with Gasteiger partial charge in [-0.25, -0.2) is 4.98 Å². The second-order valence-corrected chi connectivity index (χ2v) is 16.2. The number of ether oxygens (including phenoxy) is 1. The molecule has 0 aliphatic rings. The molecule has 4 aromatic heterocycles. The van der Waals surface area contributed by atoms with E-state index in [0.717, 1.165) is 49.7 Å². The van der Waals surface area contributed by atoms with Gasteiger partial charge in [-0.05, 0) is 80.9 Å². The van der Waals surface area contributed by atoms with Crippen molar-refractivity contribution in [2.45, 2.75) is 53.3 Å². The monoisotopic (exact) mass is 926 g/mol. The van der Waals surface area contributed by atoms with Gasteiger partial charge in [0.2, 0.25) is 0 Å². The van der Waals surface area contributed by atoms with Crippen LogP contribution in [-0.4, -0.2) is 19.1 Å². The average Bonchev–Trinajstić information content (AvgIpc) is 3.76. The van der Waals surface area contributed by atoms with E-state index in [0.29, 0.717) is 28.7 Å². The molecule has 0 saturated carbocycles. The number of benzene rings is 5. The molecular formula is C50H43N5OPt-2. The number of rotatable bonds is 7. The third-order valence-electron chi connectivity index (χ3n) is 9.87. The summed E-state index contributed by atoms with van der Waals surface area (Å²) in [6, 6.07) is 49.8. The van der Waals surface area contributed by atoms with Gasteiger partial charge >= 0.3 is 0 Å². The van der Waals surface area contributed by atoms with Crippen molar-refractivity contribution in [2.75, 3.05) is 0 Å². The van der Waals surface area contributed by atoms with Crippen molar-refractivity contribution in [1.82, 2.24) is 19.1 Å². The molecule has 0 saturated heterocycles. The first kappa shape index (κ1) is 35.6. The molecule has 0 spiro atoms. The molecule has 0 unspecified atom stereocenters. The van der Waals surface area contributed by atoms with E-state index in [9.17, 15) is 0 Å². The Hall–Kier alpha value is -5.84. The van der Waals surface area contributed by atoms with E-state index in [1.165, 1.54) is 5.56 Å². The van der Waals surface area contributed by atoms with Crippen molar-refractivity contribution in [1.29, 1.82) is 0 Å². The van der Waals surface area contributed by atoms with Crippen molar-refractivity contribution < 1.29 is 33.1 Å². The zero-order valence-corrected chi connectivity index (χ0v) is 35.0. The Morgan fingerprint density at radius 3 is 2.26 bits per heavy atom. The minimum atomic E-state index is -1.60. The Kier molecular flexibility index (Phi) is 9.30. The van der Waals surface area contributed by atoms with Crippen molar-refractivity contribution in [2.24, 2.45) is 5.41 Å². The molecular weight excluding hydrogens is 882 g/mol. The molecule has 0 bridgehead atoms. The second-order valence-electron chi connectivity index (χ2n) is 16.2. The maximum absolute atomic E-state index is 9.04. The van der Waals surface area contributed by atoms with Crippen LogP contribution < -0.4 is 9.30 Å². The van der Waals surface area contributed by atoms with Gasteiger partial charge in [0.15, 0.2) is 0 Å². The maximum atomic E-state index is 9.04. The van der Waals surface area contributed by atoms with Crippen LogP contribution in [0.4, 0.5) is 0 Å². The summed E-state index contributed by atoms with van der Waals surface area (Å²) in [6.07, 6.45) is 5.34. The van der Waals surface area contributed by atoms with Gasteiger partial charge in [-0.3, -0.25) is 14.1 Å². The normalized spacial score (nSPS) is 12.7. The first-order chi connectivity index (χ1) is 27.8. The standard InChI is InChI=1S/C50H43N5O.Pt/c1-49(2,3)32-34-23-25-52-48(27-34)55-43-22-19-36(35-13-8-7-9-14-35)28-42(43)41-21-20-39(30-46(41)55)56-40-24-26-51-47(31-40)54-33-53(44-17-10-11-18-45(44)54)38-16-12-15-37(29-38)50(4,5)6;/h7-29H,32H2,1-6H3;/q-2;/i32D2;.